The topological polar surface area (TPSA) is 51.0 Å². The van der Waals surface area contributed by atoms with Crippen LogP contribution in [0.1, 0.15) is 5.56 Å². The number of nitrogens with zero attached hydrogens (tertiary/aromatic N) is 1. The third kappa shape index (κ3) is 4.17. The number of phenols is 1. The van der Waals surface area contributed by atoms with E-state index in [2.05, 4.69) is 9.73 Å². The average Bonchev–Trinajstić information content (AvgIpc) is 2.47. The maximum atomic E-state index is 12.0. The van der Waals surface area contributed by atoms with Crippen molar-refractivity contribution in [3.05, 3.63) is 48.0 Å². The van der Waals surface area contributed by atoms with Crippen molar-refractivity contribution in [3.8, 4) is 17.2 Å². The molecule has 0 fully saturated rings. The Morgan fingerprint density at radius 1 is 1.10 bits per heavy atom. The Hall–Kier alpha value is -2.63. The largest absolute Gasteiger partial charge is 0.507 e. The molecule has 0 saturated heterocycles. The van der Waals surface area contributed by atoms with E-state index < -0.39 is 6.61 Å². The Balaban J connectivity index is 2.14. The van der Waals surface area contributed by atoms with Crippen molar-refractivity contribution < 1.29 is 23.4 Å². The van der Waals surface area contributed by atoms with E-state index in [9.17, 15) is 13.9 Å². The van der Waals surface area contributed by atoms with Crippen LogP contribution in [0.5, 0.6) is 17.2 Å². The molecule has 0 radical (unpaired) electrons. The highest BCUT2D eigenvalue weighted by atomic mass is 19.3. The van der Waals surface area contributed by atoms with Crippen LogP contribution >= 0.6 is 0 Å². The Bertz CT molecular complexity index is 627. The summed E-state index contributed by atoms with van der Waals surface area (Å²) in [6, 6.07) is 10.6. The number of rotatable bonds is 5. The quantitative estimate of drug-likeness (QED) is 0.854. The summed E-state index contributed by atoms with van der Waals surface area (Å²) in [4.78, 5) is 4.15. The molecule has 2 rings (SSSR count). The first-order valence-corrected chi connectivity index (χ1v) is 6.04. The van der Waals surface area contributed by atoms with Crippen LogP contribution in [0.15, 0.2) is 47.5 Å². The van der Waals surface area contributed by atoms with Crippen LogP contribution in [0.2, 0.25) is 0 Å². The number of halogens is 2. The fourth-order valence-electron chi connectivity index (χ4n) is 1.62. The van der Waals surface area contributed by atoms with Crippen molar-refractivity contribution in [1.82, 2.24) is 0 Å². The third-order valence-electron chi connectivity index (χ3n) is 2.65. The standard InChI is InChI=1S/C15H13F2NO3/c1-20-13-6-7-14(19)10(8-13)9-18-11-2-4-12(5-3-11)21-15(16)17/h2-9,15,19H,1H3. The molecular weight excluding hydrogens is 280 g/mol. The van der Waals surface area contributed by atoms with E-state index >= 15 is 0 Å². The molecule has 2 aromatic carbocycles. The van der Waals surface area contributed by atoms with Crippen molar-refractivity contribution in [2.24, 2.45) is 4.99 Å². The molecule has 4 nitrogen and oxygen atoms in total. The number of methoxy groups -OCH3 is 1. The lowest BCUT2D eigenvalue weighted by Gasteiger charge is -2.04. The zero-order chi connectivity index (χ0) is 15.2. The van der Waals surface area contributed by atoms with E-state index in [0.29, 0.717) is 17.0 Å². The molecule has 0 aliphatic carbocycles. The summed E-state index contributed by atoms with van der Waals surface area (Å²) in [5.74, 6) is 0.723. The normalized spacial score (nSPS) is 11.0. The lowest BCUT2D eigenvalue weighted by atomic mass is 10.2. The Labute approximate surface area is 120 Å². The molecule has 0 aliphatic rings. The number of aliphatic imine (C=N–C) groups is 1. The molecule has 0 aromatic heterocycles. The highest BCUT2D eigenvalue weighted by Gasteiger charge is 2.03. The van der Waals surface area contributed by atoms with Gasteiger partial charge >= 0.3 is 6.61 Å². The summed E-state index contributed by atoms with van der Waals surface area (Å²) in [5, 5.41) is 9.70. The third-order valence-corrected chi connectivity index (χ3v) is 2.65. The summed E-state index contributed by atoms with van der Waals surface area (Å²) in [7, 11) is 1.52. The highest BCUT2D eigenvalue weighted by molar-refractivity contribution is 5.85. The Morgan fingerprint density at radius 3 is 2.38 bits per heavy atom. The van der Waals surface area contributed by atoms with Crippen LogP contribution in [0.25, 0.3) is 0 Å². The smallest absolute Gasteiger partial charge is 0.387 e. The Morgan fingerprint density at radius 2 is 1.76 bits per heavy atom. The zero-order valence-corrected chi connectivity index (χ0v) is 11.2. The van der Waals surface area contributed by atoms with Crippen LogP contribution in [-0.2, 0) is 0 Å². The van der Waals surface area contributed by atoms with Crippen LogP contribution in [0.4, 0.5) is 14.5 Å². The second-order valence-electron chi connectivity index (χ2n) is 4.06. The number of hydrogen-bond donors (Lipinski definition) is 1. The molecule has 1 N–H and O–H groups in total. The first kappa shape index (κ1) is 14.8. The molecule has 0 bridgehead atoms. The first-order chi connectivity index (χ1) is 10.1. The molecule has 0 heterocycles. The van der Waals surface area contributed by atoms with Gasteiger partial charge in [-0.1, -0.05) is 0 Å². The minimum Gasteiger partial charge on any atom is -0.507 e. The van der Waals surface area contributed by atoms with Crippen molar-refractivity contribution in [1.29, 1.82) is 0 Å². The summed E-state index contributed by atoms with van der Waals surface area (Å²) in [6.45, 7) is -2.85. The Kier molecular flexibility index (Phi) is 4.71. The predicted molar refractivity (Wildman–Crippen MR) is 75.0 cm³/mol. The maximum absolute atomic E-state index is 12.0. The molecule has 0 aliphatic heterocycles. The van der Waals surface area contributed by atoms with Gasteiger partial charge in [-0.3, -0.25) is 4.99 Å². The molecule has 110 valence electrons. The van der Waals surface area contributed by atoms with Gasteiger partial charge in [0.1, 0.15) is 17.2 Å². The minimum atomic E-state index is -2.85. The van der Waals surface area contributed by atoms with Gasteiger partial charge in [0.15, 0.2) is 0 Å². The highest BCUT2D eigenvalue weighted by Crippen LogP contribution is 2.23. The number of hydrogen-bond acceptors (Lipinski definition) is 4. The molecule has 21 heavy (non-hydrogen) atoms. The fraction of sp³-hybridized carbons (Fsp3) is 0.133. The summed E-state index contributed by atoms with van der Waals surface area (Å²) < 4.78 is 33.3. The molecule has 0 saturated carbocycles. The number of phenolic OH excluding ortho intramolecular Hbond substituents is 1. The minimum absolute atomic E-state index is 0.0631. The summed E-state index contributed by atoms with van der Waals surface area (Å²) >= 11 is 0. The summed E-state index contributed by atoms with van der Waals surface area (Å²) in [5.41, 5.74) is 1.03. The molecule has 0 unspecified atom stereocenters. The fourth-order valence-corrected chi connectivity index (χ4v) is 1.62. The second kappa shape index (κ2) is 6.69. The van der Waals surface area contributed by atoms with E-state index in [-0.39, 0.29) is 11.5 Å². The summed E-state index contributed by atoms with van der Waals surface area (Å²) in [6.07, 6.45) is 1.46. The van der Waals surface area contributed by atoms with Gasteiger partial charge in [-0.15, -0.1) is 0 Å². The van der Waals surface area contributed by atoms with E-state index in [4.69, 9.17) is 4.74 Å². The average molecular weight is 293 g/mol. The van der Waals surface area contributed by atoms with Gasteiger partial charge in [0.2, 0.25) is 0 Å². The van der Waals surface area contributed by atoms with Crippen LogP contribution < -0.4 is 9.47 Å². The van der Waals surface area contributed by atoms with Crippen molar-refractivity contribution in [3.63, 3.8) is 0 Å². The second-order valence-corrected chi connectivity index (χ2v) is 4.06. The van der Waals surface area contributed by atoms with Gasteiger partial charge in [0.05, 0.1) is 12.8 Å². The van der Waals surface area contributed by atoms with Crippen molar-refractivity contribution in [2.45, 2.75) is 6.61 Å². The van der Waals surface area contributed by atoms with Gasteiger partial charge in [-0.25, -0.2) is 0 Å². The molecule has 6 heteroatoms. The van der Waals surface area contributed by atoms with Crippen LogP contribution in [0.3, 0.4) is 0 Å². The van der Waals surface area contributed by atoms with Gasteiger partial charge in [-0.05, 0) is 42.5 Å². The maximum Gasteiger partial charge on any atom is 0.387 e. The first-order valence-electron chi connectivity index (χ1n) is 6.04. The molecular formula is C15H13F2NO3. The van der Waals surface area contributed by atoms with Gasteiger partial charge in [0.25, 0.3) is 0 Å². The molecule has 2 aromatic rings. The van der Waals surface area contributed by atoms with Gasteiger partial charge in [0, 0.05) is 11.8 Å². The zero-order valence-electron chi connectivity index (χ0n) is 11.2. The van der Waals surface area contributed by atoms with E-state index in [0.717, 1.165) is 0 Å². The van der Waals surface area contributed by atoms with Gasteiger partial charge in [-0.2, -0.15) is 8.78 Å². The van der Waals surface area contributed by atoms with Crippen molar-refractivity contribution >= 4 is 11.9 Å². The molecule has 0 spiro atoms. The molecule has 0 atom stereocenters. The molecule has 0 amide bonds. The van der Waals surface area contributed by atoms with Gasteiger partial charge < -0.3 is 14.6 Å². The predicted octanol–water partition coefficient (Wildman–Crippen LogP) is 3.75. The van der Waals surface area contributed by atoms with E-state index in [1.807, 2.05) is 0 Å². The lowest BCUT2D eigenvalue weighted by molar-refractivity contribution is -0.0498. The number of alkyl halides is 2. The van der Waals surface area contributed by atoms with Crippen LogP contribution in [0, 0.1) is 0 Å². The number of benzene rings is 2. The SMILES string of the molecule is COc1ccc(O)c(C=Nc2ccc(OC(F)F)cc2)c1. The number of aromatic hydroxyl groups is 1. The lowest BCUT2D eigenvalue weighted by Crippen LogP contribution is -2.01. The number of ether oxygens (including phenoxy) is 2. The van der Waals surface area contributed by atoms with Crippen molar-refractivity contribution in [2.75, 3.05) is 7.11 Å². The van der Waals surface area contributed by atoms with Crippen LogP contribution in [-0.4, -0.2) is 25.0 Å². The monoisotopic (exact) mass is 293 g/mol. The van der Waals surface area contributed by atoms with E-state index in [1.54, 1.807) is 12.1 Å². The van der Waals surface area contributed by atoms with E-state index in [1.165, 1.54) is 43.7 Å².